The Bertz CT molecular complexity index is 664. The minimum absolute atomic E-state index is 0.138. The fourth-order valence-corrected chi connectivity index (χ4v) is 5.17. The van der Waals surface area contributed by atoms with Crippen LogP contribution in [0, 0.1) is 17.8 Å². The molecule has 0 radical (unpaired) electrons. The summed E-state index contributed by atoms with van der Waals surface area (Å²) in [6.45, 7) is 14.5. The summed E-state index contributed by atoms with van der Waals surface area (Å²) in [4.78, 5) is 14.9. The first-order chi connectivity index (χ1) is 11.6. The van der Waals surface area contributed by atoms with Gasteiger partial charge in [0.25, 0.3) is 5.91 Å². The Morgan fingerprint density at radius 1 is 1.24 bits per heavy atom. The molecule has 25 heavy (non-hydrogen) atoms. The molecule has 0 unspecified atom stereocenters. The molecule has 1 aliphatic heterocycles. The van der Waals surface area contributed by atoms with E-state index in [1.54, 1.807) is 0 Å². The topological polar surface area (TPSA) is 29.5 Å². The molecule has 1 amide bonds. The zero-order valence-corrected chi connectivity index (χ0v) is 16.7. The molecule has 2 aliphatic rings. The number of benzene rings is 1. The van der Waals surface area contributed by atoms with E-state index < -0.39 is 0 Å². The molecular formula is C22H33NO2. The van der Waals surface area contributed by atoms with Gasteiger partial charge >= 0.3 is 0 Å². The SMILES string of the molecule is Cc1cc(OCC(=O)N2C[C@@]3(C)C[C@H]2CC(C)(C)C3)cc(C(C)C)c1. The lowest BCUT2D eigenvalue weighted by Crippen LogP contribution is -2.40. The molecule has 1 aromatic carbocycles. The summed E-state index contributed by atoms with van der Waals surface area (Å²) < 4.78 is 5.89. The van der Waals surface area contributed by atoms with Crippen LogP contribution in [0.4, 0.5) is 0 Å². The Hall–Kier alpha value is -1.51. The van der Waals surface area contributed by atoms with Crippen LogP contribution in [-0.4, -0.2) is 30.0 Å². The molecule has 3 rings (SSSR count). The predicted molar refractivity (Wildman–Crippen MR) is 102 cm³/mol. The van der Waals surface area contributed by atoms with E-state index in [-0.39, 0.29) is 17.9 Å². The van der Waals surface area contributed by atoms with Crippen molar-refractivity contribution in [2.75, 3.05) is 13.2 Å². The second-order valence-electron chi connectivity index (χ2n) is 9.76. The molecule has 3 nitrogen and oxygen atoms in total. The number of amides is 1. The van der Waals surface area contributed by atoms with Crippen LogP contribution >= 0.6 is 0 Å². The van der Waals surface area contributed by atoms with Gasteiger partial charge in [-0.2, -0.15) is 0 Å². The zero-order valence-electron chi connectivity index (χ0n) is 16.7. The molecule has 0 aromatic heterocycles. The van der Waals surface area contributed by atoms with E-state index in [9.17, 15) is 4.79 Å². The number of nitrogens with zero attached hydrogens (tertiary/aromatic N) is 1. The Kier molecular flexibility index (Phi) is 4.63. The van der Waals surface area contributed by atoms with E-state index in [4.69, 9.17) is 4.74 Å². The average molecular weight is 344 g/mol. The lowest BCUT2D eigenvalue weighted by atomic mass is 9.65. The van der Waals surface area contributed by atoms with Crippen molar-refractivity contribution in [1.29, 1.82) is 0 Å². The predicted octanol–water partition coefficient (Wildman–Crippen LogP) is 4.92. The van der Waals surface area contributed by atoms with Crippen molar-refractivity contribution in [3.05, 3.63) is 29.3 Å². The number of likely N-dealkylation sites (tertiary alicyclic amines) is 1. The largest absolute Gasteiger partial charge is 0.484 e. The summed E-state index contributed by atoms with van der Waals surface area (Å²) in [5.41, 5.74) is 3.04. The van der Waals surface area contributed by atoms with Crippen molar-refractivity contribution in [2.24, 2.45) is 10.8 Å². The molecule has 0 N–H and O–H groups in total. The maximum atomic E-state index is 12.8. The quantitative estimate of drug-likeness (QED) is 0.776. The molecule has 0 spiro atoms. The number of hydrogen-bond acceptors (Lipinski definition) is 2. The lowest BCUT2D eigenvalue weighted by molar-refractivity contribution is -0.134. The van der Waals surface area contributed by atoms with E-state index in [1.165, 1.54) is 17.5 Å². The van der Waals surface area contributed by atoms with E-state index in [0.717, 1.165) is 25.1 Å². The number of rotatable bonds is 4. The third kappa shape index (κ3) is 4.02. The summed E-state index contributed by atoms with van der Waals surface area (Å²) in [7, 11) is 0. The third-order valence-corrected chi connectivity index (χ3v) is 5.84. The van der Waals surface area contributed by atoms with Crippen molar-refractivity contribution in [3.63, 3.8) is 0 Å². The Labute approximate surface area is 152 Å². The van der Waals surface area contributed by atoms with Crippen LogP contribution in [0.2, 0.25) is 0 Å². The Morgan fingerprint density at radius 3 is 2.64 bits per heavy atom. The molecule has 2 bridgehead atoms. The Balaban J connectivity index is 1.66. The fourth-order valence-electron chi connectivity index (χ4n) is 5.17. The van der Waals surface area contributed by atoms with Gasteiger partial charge in [-0.05, 0) is 66.2 Å². The zero-order chi connectivity index (χ0) is 18.4. The van der Waals surface area contributed by atoms with E-state index in [1.807, 2.05) is 6.07 Å². The van der Waals surface area contributed by atoms with Gasteiger partial charge in [-0.15, -0.1) is 0 Å². The van der Waals surface area contributed by atoms with Crippen LogP contribution in [-0.2, 0) is 4.79 Å². The van der Waals surface area contributed by atoms with Gasteiger partial charge in [0.05, 0.1) is 0 Å². The minimum atomic E-state index is 0.138. The van der Waals surface area contributed by atoms with Gasteiger partial charge in [-0.3, -0.25) is 4.79 Å². The molecule has 1 saturated heterocycles. The maximum Gasteiger partial charge on any atom is 0.260 e. The first-order valence-corrected chi connectivity index (χ1v) is 9.61. The van der Waals surface area contributed by atoms with E-state index in [0.29, 0.717) is 17.4 Å². The highest BCUT2D eigenvalue weighted by atomic mass is 16.5. The van der Waals surface area contributed by atoms with Crippen molar-refractivity contribution >= 4 is 5.91 Å². The van der Waals surface area contributed by atoms with Crippen LogP contribution in [0.1, 0.15) is 70.9 Å². The number of ether oxygens (including phenoxy) is 1. The smallest absolute Gasteiger partial charge is 0.260 e. The van der Waals surface area contributed by atoms with Crippen LogP contribution in [0.3, 0.4) is 0 Å². The molecule has 1 saturated carbocycles. The lowest BCUT2D eigenvalue weighted by Gasteiger charge is -2.39. The minimum Gasteiger partial charge on any atom is -0.484 e. The van der Waals surface area contributed by atoms with E-state index >= 15 is 0 Å². The van der Waals surface area contributed by atoms with Crippen LogP contribution in [0.15, 0.2) is 18.2 Å². The van der Waals surface area contributed by atoms with Gasteiger partial charge in [0, 0.05) is 12.6 Å². The number of aryl methyl sites for hydroxylation is 1. The number of carbonyl (C=O) groups is 1. The van der Waals surface area contributed by atoms with Gasteiger partial charge < -0.3 is 9.64 Å². The highest BCUT2D eigenvalue weighted by Gasteiger charge is 2.50. The van der Waals surface area contributed by atoms with Crippen LogP contribution in [0.25, 0.3) is 0 Å². The number of fused-ring (bicyclic) bond motifs is 2. The molecule has 138 valence electrons. The van der Waals surface area contributed by atoms with Gasteiger partial charge in [-0.25, -0.2) is 0 Å². The van der Waals surface area contributed by atoms with Gasteiger partial charge in [0.15, 0.2) is 6.61 Å². The second kappa shape index (κ2) is 6.34. The molecule has 1 aromatic rings. The summed E-state index contributed by atoms with van der Waals surface area (Å²) in [5.74, 6) is 1.41. The van der Waals surface area contributed by atoms with Crippen molar-refractivity contribution in [1.82, 2.24) is 4.90 Å². The average Bonchev–Trinajstić information content (AvgIpc) is 2.73. The monoisotopic (exact) mass is 343 g/mol. The normalized spacial score (nSPS) is 27.6. The fraction of sp³-hybridized carbons (Fsp3) is 0.682. The van der Waals surface area contributed by atoms with Crippen molar-refractivity contribution < 1.29 is 9.53 Å². The maximum absolute atomic E-state index is 12.8. The first kappa shape index (κ1) is 18.3. The first-order valence-electron chi connectivity index (χ1n) is 9.61. The van der Waals surface area contributed by atoms with Gasteiger partial charge in [0.2, 0.25) is 0 Å². The molecule has 3 heteroatoms. The number of hydrogen-bond donors (Lipinski definition) is 0. The third-order valence-electron chi connectivity index (χ3n) is 5.84. The van der Waals surface area contributed by atoms with Gasteiger partial charge in [-0.1, -0.05) is 40.7 Å². The highest BCUT2D eigenvalue weighted by Crippen LogP contribution is 2.52. The standard InChI is InChI=1S/C22H33NO2/c1-15(2)17-7-16(3)8-19(9-17)25-12-20(24)23-14-22(6)11-18(23)10-21(4,5)13-22/h7-9,15,18H,10-14H2,1-6H3/t18-,22+/m1/s1. The summed E-state index contributed by atoms with van der Waals surface area (Å²) in [6.07, 6.45) is 3.46. The summed E-state index contributed by atoms with van der Waals surface area (Å²) in [6, 6.07) is 6.66. The van der Waals surface area contributed by atoms with Crippen molar-refractivity contribution in [3.8, 4) is 5.75 Å². The molecule has 1 aliphatic carbocycles. The molecule has 1 heterocycles. The summed E-state index contributed by atoms with van der Waals surface area (Å²) >= 11 is 0. The molecular weight excluding hydrogens is 310 g/mol. The molecule has 2 fully saturated rings. The van der Waals surface area contributed by atoms with Crippen molar-refractivity contribution in [2.45, 2.75) is 72.8 Å². The highest BCUT2D eigenvalue weighted by molar-refractivity contribution is 5.78. The van der Waals surface area contributed by atoms with Crippen LogP contribution < -0.4 is 4.74 Å². The molecule has 2 atom stereocenters. The second-order valence-corrected chi connectivity index (χ2v) is 9.76. The summed E-state index contributed by atoms with van der Waals surface area (Å²) in [5, 5.41) is 0. The Morgan fingerprint density at radius 2 is 1.96 bits per heavy atom. The van der Waals surface area contributed by atoms with E-state index in [2.05, 4.69) is 58.6 Å². The van der Waals surface area contributed by atoms with Crippen LogP contribution in [0.5, 0.6) is 5.75 Å². The number of carbonyl (C=O) groups excluding carboxylic acids is 1. The van der Waals surface area contributed by atoms with Gasteiger partial charge in [0.1, 0.15) is 5.75 Å².